The highest BCUT2D eigenvalue weighted by atomic mass is 79.9. The minimum absolute atomic E-state index is 0.0231. The summed E-state index contributed by atoms with van der Waals surface area (Å²) in [5.74, 6) is 0.455. The molecule has 1 amide bonds. The Morgan fingerprint density at radius 2 is 1.85 bits per heavy atom. The molecule has 0 saturated heterocycles. The van der Waals surface area contributed by atoms with Crippen LogP contribution in [-0.4, -0.2) is 25.6 Å². The molecule has 0 bridgehead atoms. The summed E-state index contributed by atoms with van der Waals surface area (Å²) in [7, 11) is -3.52. The van der Waals surface area contributed by atoms with Crippen molar-refractivity contribution in [1.82, 2.24) is 4.98 Å². The van der Waals surface area contributed by atoms with Crippen molar-refractivity contribution in [2.75, 3.05) is 11.6 Å². The van der Waals surface area contributed by atoms with Crippen LogP contribution in [0.4, 0.5) is 5.69 Å². The Bertz CT molecular complexity index is 1080. The van der Waals surface area contributed by atoms with Crippen LogP contribution in [0.25, 0.3) is 0 Å². The van der Waals surface area contributed by atoms with E-state index in [2.05, 4.69) is 26.2 Å². The van der Waals surface area contributed by atoms with E-state index in [9.17, 15) is 13.2 Å². The zero-order chi connectivity index (χ0) is 19.4. The lowest BCUT2D eigenvalue weighted by Gasteiger charge is -2.09. The largest absolute Gasteiger partial charge is 0.439 e. The Labute approximate surface area is 165 Å². The van der Waals surface area contributed by atoms with Crippen LogP contribution in [0.3, 0.4) is 0 Å². The summed E-state index contributed by atoms with van der Waals surface area (Å²) in [5.41, 5.74) is 0.499. The number of hydrogen-bond donors (Lipinski definition) is 1. The third-order valence-electron chi connectivity index (χ3n) is 3.54. The lowest BCUT2D eigenvalue weighted by atomic mass is 10.2. The van der Waals surface area contributed by atoms with Crippen LogP contribution in [0.5, 0.6) is 11.6 Å². The molecule has 2 aromatic carbocycles. The van der Waals surface area contributed by atoms with Crippen molar-refractivity contribution in [2.24, 2.45) is 0 Å². The number of sulfone groups is 1. The van der Waals surface area contributed by atoms with E-state index >= 15 is 0 Å². The molecule has 138 valence electrons. The maximum Gasteiger partial charge on any atom is 0.257 e. The number of ether oxygens (including phenoxy) is 1. The second-order valence-corrected chi connectivity index (χ2v) is 8.57. The first-order valence-corrected chi connectivity index (χ1v) is 10.5. The third-order valence-corrected chi connectivity index (χ3v) is 5.19. The predicted molar refractivity (Wildman–Crippen MR) is 106 cm³/mol. The van der Waals surface area contributed by atoms with Gasteiger partial charge in [-0.15, -0.1) is 0 Å². The number of carbonyl (C=O) groups is 1. The van der Waals surface area contributed by atoms with Gasteiger partial charge >= 0.3 is 0 Å². The summed E-state index contributed by atoms with van der Waals surface area (Å²) in [6.07, 6.45) is 2.50. The molecule has 0 unspecified atom stereocenters. The van der Waals surface area contributed by atoms with E-state index in [-0.39, 0.29) is 10.5 Å². The van der Waals surface area contributed by atoms with Gasteiger partial charge in [0, 0.05) is 16.8 Å². The number of aromatic nitrogens is 1. The minimum atomic E-state index is -3.52. The minimum Gasteiger partial charge on any atom is -0.439 e. The molecular weight excluding hydrogens is 432 g/mol. The van der Waals surface area contributed by atoms with Gasteiger partial charge in [-0.1, -0.05) is 34.1 Å². The maximum atomic E-state index is 12.5. The average molecular weight is 447 g/mol. The number of nitrogens with zero attached hydrogens (tertiary/aromatic N) is 1. The van der Waals surface area contributed by atoms with E-state index in [0.29, 0.717) is 17.3 Å². The van der Waals surface area contributed by atoms with Gasteiger partial charge in [-0.05, 0) is 36.4 Å². The van der Waals surface area contributed by atoms with Gasteiger partial charge in [-0.3, -0.25) is 4.79 Å². The Morgan fingerprint density at radius 3 is 2.52 bits per heavy atom. The average Bonchev–Trinajstić information content (AvgIpc) is 2.63. The van der Waals surface area contributed by atoms with E-state index in [1.807, 2.05) is 12.1 Å². The number of hydrogen-bond acceptors (Lipinski definition) is 5. The van der Waals surface area contributed by atoms with E-state index in [0.717, 1.165) is 10.7 Å². The van der Waals surface area contributed by atoms with Crippen LogP contribution >= 0.6 is 15.9 Å². The van der Waals surface area contributed by atoms with Gasteiger partial charge in [-0.25, -0.2) is 13.4 Å². The smallest absolute Gasteiger partial charge is 0.257 e. The van der Waals surface area contributed by atoms with Crippen molar-refractivity contribution in [3.8, 4) is 11.6 Å². The van der Waals surface area contributed by atoms with Crippen LogP contribution in [0.15, 0.2) is 76.2 Å². The topological polar surface area (TPSA) is 85.4 Å². The number of rotatable bonds is 5. The van der Waals surface area contributed by atoms with Gasteiger partial charge in [0.1, 0.15) is 5.75 Å². The maximum absolute atomic E-state index is 12.5. The van der Waals surface area contributed by atoms with E-state index in [4.69, 9.17) is 4.74 Å². The van der Waals surface area contributed by atoms with E-state index in [1.54, 1.807) is 36.4 Å². The zero-order valence-electron chi connectivity index (χ0n) is 14.2. The van der Waals surface area contributed by atoms with Gasteiger partial charge in [0.2, 0.25) is 5.88 Å². The SMILES string of the molecule is CS(=O)(=O)c1ccccc1C(=O)Nc1ccc(Oc2cccc(Br)c2)nc1. The standard InChI is InChI=1S/C19H15BrN2O4S/c1-27(24,25)17-8-3-2-7-16(17)19(23)22-14-9-10-18(21-12-14)26-15-6-4-5-13(20)11-15/h2-12H,1H3,(H,22,23). The van der Waals surface area contributed by atoms with Crippen molar-refractivity contribution >= 4 is 37.4 Å². The van der Waals surface area contributed by atoms with Gasteiger partial charge < -0.3 is 10.1 Å². The Balaban J connectivity index is 1.75. The molecule has 0 fully saturated rings. The molecule has 0 atom stereocenters. The number of carbonyl (C=O) groups excluding carboxylic acids is 1. The molecule has 0 spiro atoms. The van der Waals surface area contributed by atoms with Crippen molar-refractivity contribution in [3.63, 3.8) is 0 Å². The Hall–Kier alpha value is -2.71. The molecule has 8 heteroatoms. The number of halogens is 1. The first-order valence-electron chi connectivity index (χ1n) is 7.83. The number of amides is 1. The van der Waals surface area contributed by atoms with Crippen LogP contribution in [0, 0.1) is 0 Å². The number of nitrogens with one attached hydrogen (secondary N) is 1. The Kier molecular flexibility index (Phi) is 5.57. The first-order chi connectivity index (χ1) is 12.8. The molecule has 1 aromatic heterocycles. The lowest BCUT2D eigenvalue weighted by molar-refractivity contribution is 0.102. The van der Waals surface area contributed by atoms with Crippen LogP contribution in [0.1, 0.15) is 10.4 Å². The monoisotopic (exact) mass is 446 g/mol. The van der Waals surface area contributed by atoms with E-state index < -0.39 is 15.7 Å². The quantitative estimate of drug-likeness (QED) is 0.631. The fraction of sp³-hybridized carbons (Fsp3) is 0.0526. The number of pyridine rings is 1. The van der Waals surface area contributed by atoms with Gasteiger partial charge in [0.25, 0.3) is 5.91 Å². The first kappa shape index (κ1) is 19.1. The van der Waals surface area contributed by atoms with Crippen molar-refractivity contribution in [2.45, 2.75) is 4.90 Å². The molecule has 1 N–H and O–H groups in total. The molecule has 6 nitrogen and oxygen atoms in total. The number of anilines is 1. The summed E-state index contributed by atoms with van der Waals surface area (Å²) in [5, 5.41) is 2.64. The second kappa shape index (κ2) is 7.89. The fourth-order valence-electron chi connectivity index (χ4n) is 2.34. The summed E-state index contributed by atoms with van der Waals surface area (Å²) in [6, 6.07) is 16.6. The highest BCUT2D eigenvalue weighted by Gasteiger charge is 2.18. The lowest BCUT2D eigenvalue weighted by Crippen LogP contribution is -2.16. The van der Waals surface area contributed by atoms with Crippen molar-refractivity contribution in [3.05, 3.63) is 76.9 Å². The van der Waals surface area contributed by atoms with Crippen LogP contribution < -0.4 is 10.1 Å². The van der Waals surface area contributed by atoms with Gasteiger partial charge in [0.15, 0.2) is 9.84 Å². The molecule has 0 aliphatic heterocycles. The van der Waals surface area contributed by atoms with Crippen molar-refractivity contribution in [1.29, 1.82) is 0 Å². The molecule has 3 rings (SSSR count). The Morgan fingerprint density at radius 1 is 1.07 bits per heavy atom. The predicted octanol–water partition coefficient (Wildman–Crippen LogP) is 4.29. The molecule has 0 aliphatic carbocycles. The molecule has 1 heterocycles. The van der Waals surface area contributed by atoms with Gasteiger partial charge in [0.05, 0.1) is 22.3 Å². The molecular formula is C19H15BrN2O4S. The third kappa shape index (κ3) is 4.93. The molecule has 27 heavy (non-hydrogen) atoms. The zero-order valence-corrected chi connectivity index (χ0v) is 16.6. The summed E-state index contributed by atoms with van der Waals surface area (Å²) in [6.45, 7) is 0. The normalized spacial score (nSPS) is 11.0. The molecule has 0 radical (unpaired) electrons. The molecule has 0 saturated carbocycles. The van der Waals surface area contributed by atoms with Crippen LogP contribution in [-0.2, 0) is 9.84 Å². The van der Waals surface area contributed by atoms with Crippen molar-refractivity contribution < 1.29 is 17.9 Å². The van der Waals surface area contributed by atoms with Gasteiger partial charge in [-0.2, -0.15) is 0 Å². The summed E-state index contributed by atoms with van der Waals surface area (Å²) in [4.78, 5) is 16.6. The van der Waals surface area contributed by atoms with E-state index in [1.165, 1.54) is 18.3 Å². The van der Waals surface area contributed by atoms with Crippen LogP contribution in [0.2, 0.25) is 0 Å². The fourth-order valence-corrected chi connectivity index (χ4v) is 3.61. The molecule has 0 aliphatic rings. The summed E-state index contributed by atoms with van der Waals surface area (Å²) >= 11 is 3.37. The highest BCUT2D eigenvalue weighted by molar-refractivity contribution is 9.10. The highest BCUT2D eigenvalue weighted by Crippen LogP contribution is 2.24. The molecule has 3 aromatic rings. The summed E-state index contributed by atoms with van der Waals surface area (Å²) < 4.78 is 30.2. The number of benzene rings is 2. The second-order valence-electron chi connectivity index (χ2n) is 5.67.